The van der Waals surface area contributed by atoms with E-state index in [9.17, 15) is 20.4 Å². The molecule has 9 heteroatoms. The fourth-order valence-corrected chi connectivity index (χ4v) is 8.05. The number of aliphatic hydroxyl groups is 4. The summed E-state index contributed by atoms with van der Waals surface area (Å²) in [6.07, 6.45) is 3.85. The first kappa shape index (κ1) is 41.1. The molecule has 0 spiro atoms. The third-order valence-electron chi connectivity index (χ3n) is 10.5. The Kier molecular flexibility index (Phi) is 15.6. The van der Waals surface area contributed by atoms with E-state index in [2.05, 4.69) is 53.7 Å². The number of aliphatic hydroxyl groups excluding tert-OH is 4. The van der Waals surface area contributed by atoms with Gasteiger partial charge in [0, 0.05) is 109 Å². The molecule has 0 amide bonds. The molecule has 5 aliphatic rings. The first-order valence-electron chi connectivity index (χ1n) is 11.0. The molecule has 3 saturated carbocycles. The minimum atomic E-state index is -0.440. The van der Waals surface area contributed by atoms with E-state index in [0.717, 1.165) is 0 Å². The first-order valence-corrected chi connectivity index (χ1v) is 11.0. The summed E-state index contributed by atoms with van der Waals surface area (Å²) in [6, 6.07) is 0. The van der Waals surface area contributed by atoms with E-state index in [4.69, 9.17) is 4.74 Å². The van der Waals surface area contributed by atoms with Gasteiger partial charge in [-0.15, -0.1) is 0 Å². The van der Waals surface area contributed by atoms with Crippen LogP contribution in [0.1, 0.15) is 27.7 Å². The molecule has 4 fully saturated rings. The van der Waals surface area contributed by atoms with Crippen LogP contribution in [0, 0.1) is 85.9 Å². The Bertz CT molecular complexity index is 687. The van der Waals surface area contributed by atoms with Crippen LogP contribution in [-0.2, 0) is 71.9 Å². The van der Waals surface area contributed by atoms with E-state index in [1.165, 1.54) is 0 Å². The van der Waals surface area contributed by atoms with Crippen molar-refractivity contribution in [2.75, 3.05) is 26.4 Å². The third-order valence-corrected chi connectivity index (χ3v) is 10.5. The third kappa shape index (κ3) is 4.78. The second-order valence-corrected chi connectivity index (χ2v) is 11.2. The SMILES string of the molecule is [CH2-]C1C2C(O)C3OCC(C)(C13)C2(C)CO.[CH2-]C1C2C=CC1C(C)(CO)C2(C)CO.[CH3-].[CH3-].[Co].[Co].[Co].[Co]. The number of rotatable bonds is 3. The second-order valence-electron chi connectivity index (χ2n) is 11.2. The molecular weight excluding hydrogens is 628 g/mol. The van der Waals surface area contributed by atoms with Crippen molar-refractivity contribution in [3.8, 4) is 0 Å². The van der Waals surface area contributed by atoms with Crippen molar-refractivity contribution >= 4 is 0 Å². The summed E-state index contributed by atoms with van der Waals surface area (Å²) in [5, 5.41) is 39.0. The van der Waals surface area contributed by atoms with Crippen LogP contribution in [0.15, 0.2) is 12.2 Å². The summed E-state index contributed by atoms with van der Waals surface area (Å²) >= 11 is 0. The Labute approximate surface area is 255 Å². The average molecular weight is 672 g/mol. The fourth-order valence-electron chi connectivity index (χ4n) is 8.05. The van der Waals surface area contributed by atoms with Crippen LogP contribution < -0.4 is 0 Å². The molecule has 35 heavy (non-hydrogen) atoms. The topological polar surface area (TPSA) is 90.2 Å². The predicted octanol–water partition coefficient (Wildman–Crippen LogP) is 2.60. The monoisotopic (exact) mass is 672 g/mol. The number of ether oxygens (including phenoxy) is 1. The molecule has 218 valence electrons. The Morgan fingerprint density at radius 1 is 0.743 bits per heavy atom. The number of fused-ring (bicyclic) bond motifs is 3. The van der Waals surface area contributed by atoms with Gasteiger partial charge in [-0.25, -0.2) is 0 Å². The second kappa shape index (κ2) is 13.3. The van der Waals surface area contributed by atoms with E-state index in [1.807, 2.05) is 0 Å². The molecule has 11 atom stereocenters. The van der Waals surface area contributed by atoms with E-state index < -0.39 is 6.10 Å². The maximum atomic E-state index is 10.2. The van der Waals surface area contributed by atoms with Gasteiger partial charge in [-0.05, 0) is 23.7 Å². The largest absolute Gasteiger partial charge is 0.396 e. The van der Waals surface area contributed by atoms with Gasteiger partial charge in [-0.3, -0.25) is 0 Å². The summed E-state index contributed by atoms with van der Waals surface area (Å²) in [5.41, 5.74) is -0.680. The van der Waals surface area contributed by atoms with Crippen LogP contribution in [0.4, 0.5) is 0 Å². The summed E-state index contributed by atoms with van der Waals surface area (Å²) in [4.78, 5) is 0. The van der Waals surface area contributed by atoms with Gasteiger partial charge in [0.05, 0.1) is 18.8 Å². The van der Waals surface area contributed by atoms with Crippen molar-refractivity contribution in [1.82, 2.24) is 0 Å². The Morgan fingerprint density at radius 2 is 1.14 bits per heavy atom. The van der Waals surface area contributed by atoms with Gasteiger partial charge in [-0.2, -0.15) is 11.8 Å². The minimum Gasteiger partial charge on any atom is -0.396 e. The van der Waals surface area contributed by atoms with Gasteiger partial charge >= 0.3 is 0 Å². The van der Waals surface area contributed by atoms with E-state index in [-0.39, 0.29) is 141 Å². The summed E-state index contributed by atoms with van der Waals surface area (Å²) in [7, 11) is 0. The number of allylic oxidation sites excluding steroid dienone is 2. The molecule has 1 aliphatic heterocycles. The first-order chi connectivity index (χ1) is 13.5. The van der Waals surface area contributed by atoms with Crippen LogP contribution in [-0.4, -0.2) is 59.1 Å². The summed E-state index contributed by atoms with van der Waals surface area (Å²) in [5.74, 6) is 1.56. The maximum absolute atomic E-state index is 10.2. The van der Waals surface area contributed by atoms with Crippen molar-refractivity contribution in [3.63, 3.8) is 0 Å². The molecule has 0 aromatic rings. The normalized spacial score (nSPS) is 50.8. The van der Waals surface area contributed by atoms with Crippen LogP contribution in [0.3, 0.4) is 0 Å². The van der Waals surface area contributed by atoms with Crippen molar-refractivity contribution in [3.05, 3.63) is 40.9 Å². The molecule has 4 aliphatic carbocycles. The maximum Gasteiger partial charge on any atom is 0.0848 e. The van der Waals surface area contributed by atoms with Crippen LogP contribution >= 0.6 is 0 Å². The average Bonchev–Trinajstić information content (AvgIpc) is 3.39. The van der Waals surface area contributed by atoms with Crippen LogP contribution in [0.2, 0.25) is 0 Å². The smallest absolute Gasteiger partial charge is 0.0848 e. The molecule has 4 radical (unpaired) electrons. The van der Waals surface area contributed by atoms with Gasteiger partial charge < -0.3 is 53.9 Å². The molecule has 1 saturated heterocycles. The van der Waals surface area contributed by atoms with Gasteiger partial charge in [0.25, 0.3) is 0 Å². The van der Waals surface area contributed by atoms with Crippen molar-refractivity contribution in [1.29, 1.82) is 0 Å². The fraction of sp³-hybridized carbons (Fsp3) is 0.769. The predicted molar refractivity (Wildman–Crippen MR) is 123 cm³/mol. The van der Waals surface area contributed by atoms with Crippen LogP contribution in [0.5, 0.6) is 0 Å². The standard InChI is InChI=1S/C12H19O3.C12H19O2.2CH3.4Co/c1-6-7-9(14)10-8(6)12(3,5-15-10)11(7,2)4-13;1-8-9-4-5-10(8)12(3,7-14)11(9,2)6-13;;;;;;/h6-10,13-14H,1,4-5H2,2-3H3;4-5,8-10,13-14H,1,6-7H2,2-3H3;2*1H3;;;;/q4*-1;;;;. The quantitative estimate of drug-likeness (QED) is 0.274. The molecule has 5 rings (SSSR count). The number of hydrogen-bond donors (Lipinski definition) is 4. The zero-order valence-electron chi connectivity index (χ0n) is 21.5. The molecule has 4 bridgehead atoms. The van der Waals surface area contributed by atoms with E-state index >= 15 is 0 Å². The molecule has 0 aromatic carbocycles. The summed E-state index contributed by atoms with van der Waals surface area (Å²) in [6.45, 7) is 17.8. The van der Waals surface area contributed by atoms with E-state index in [1.54, 1.807) is 0 Å². The number of hydrogen-bond acceptors (Lipinski definition) is 5. The molecule has 11 unspecified atom stereocenters. The zero-order valence-corrected chi connectivity index (χ0v) is 25.7. The van der Waals surface area contributed by atoms with Crippen LogP contribution in [0.25, 0.3) is 0 Å². The molecular formula is C26H44Co4O5-4. The van der Waals surface area contributed by atoms with Gasteiger partial charge in [0.15, 0.2) is 0 Å². The summed E-state index contributed by atoms with van der Waals surface area (Å²) < 4.78 is 5.71. The molecule has 5 nitrogen and oxygen atoms in total. The Balaban J connectivity index is -0.000000501. The van der Waals surface area contributed by atoms with Crippen molar-refractivity contribution < 1.29 is 92.3 Å². The molecule has 4 N–H and O–H groups in total. The van der Waals surface area contributed by atoms with Gasteiger partial charge in [0.2, 0.25) is 0 Å². The van der Waals surface area contributed by atoms with E-state index in [0.29, 0.717) is 30.3 Å². The zero-order chi connectivity index (χ0) is 21.6. The van der Waals surface area contributed by atoms with Gasteiger partial charge in [-0.1, -0.05) is 39.8 Å². The van der Waals surface area contributed by atoms with Crippen molar-refractivity contribution in [2.45, 2.75) is 39.9 Å². The minimum absolute atomic E-state index is 0. The Hall–Kier alpha value is 1.57. The molecule has 1 heterocycles. The molecule has 0 aromatic heterocycles. The van der Waals surface area contributed by atoms with Gasteiger partial charge in [0.1, 0.15) is 0 Å². The Morgan fingerprint density at radius 3 is 1.51 bits per heavy atom. The van der Waals surface area contributed by atoms with Crippen molar-refractivity contribution in [2.24, 2.45) is 57.2 Å².